The largest absolute Gasteiger partial charge is 0.444 e. The third-order valence-corrected chi connectivity index (χ3v) is 5.28. The number of nitrogens with zero attached hydrogens (tertiary/aromatic N) is 2. The maximum absolute atomic E-state index is 12.3. The number of likely N-dealkylation sites (tertiary alicyclic amines) is 1. The van der Waals surface area contributed by atoms with Crippen molar-refractivity contribution in [2.75, 3.05) is 6.54 Å². The van der Waals surface area contributed by atoms with Crippen molar-refractivity contribution in [2.45, 2.75) is 78.1 Å². The van der Waals surface area contributed by atoms with E-state index in [9.17, 15) is 4.79 Å². The normalized spacial score (nSPS) is 23.7. The summed E-state index contributed by atoms with van der Waals surface area (Å²) in [5, 5.41) is 3.69. The van der Waals surface area contributed by atoms with E-state index in [2.05, 4.69) is 31.1 Å². The van der Waals surface area contributed by atoms with Gasteiger partial charge in [-0.15, -0.1) is 11.3 Å². The molecule has 2 heterocycles. The van der Waals surface area contributed by atoms with Crippen molar-refractivity contribution in [1.82, 2.24) is 15.2 Å². The van der Waals surface area contributed by atoms with E-state index < -0.39 is 5.60 Å². The predicted molar refractivity (Wildman–Crippen MR) is 93.8 cm³/mol. The fourth-order valence-electron chi connectivity index (χ4n) is 3.07. The van der Waals surface area contributed by atoms with Crippen LogP contribution < -0.4 is 5.32 Å². The SMILES string of the molecule is Cc1ncsc1C(C)NC1CCN(C(=O)OC(C)(C)C)C(C)C1. The van der Waals surface area contributed by atoms with Gasteiger partial charge in [0, 0.05) is 29.5 Å². The Kier molecular flexibility index (Phi) is 5.68. The number of hydrogen-bond acceptors (Lipinski definition) is 5. The first-order valence-corrected chi connectivity index (χ1v) is 9.21. The molecule has 0 radical (unpaired) electrons. The van der Waals surface area contributed by atoms with Crippen LogP contribution in [0.4, 0.5) is 4.79 Å². The molecular weight excluding hydrogens is 310 g/mol. The molecule has 5 nitrogen and oxygen atoms in total. The van der Waals surface area contributed by atoms with Crippen molar-refractivity contribution in [1.29, 1.82) is 0 Å². The van der Waals surface area contributed by atoms with E-state index in [1.54, 1.807) is 11.3 Å². The summed E-state index contributed by atoms with van der Waals surface area (Å²) in [6, 6.07) is 0.902. The maximum atomic E-state index is 12.3. The number of aromatic nitrogens is 1. The summed E-state index contributed by atoms with van der Waals surface area (Å²) in [5.41, 5.74) is 2.56. The smallest absolute Gasteiger partial charge is 0.410 e. The highest BCUT2D eigenvalue weighted by Gasteiger charge is 2.32. The van der Waals surface area contributed by atoms with E-state index in [1.807, 2.05) is 31.2 Å². The lowest BCUT2D eigenvalue weighted by molar-refractivity contribution is 0.00907. The standard InChI is InChI=1S/C17H29N3O2S/c1-11-9-14(19-13(3)15-12(2)18-10-23-15)7-8-20(11)16(21)22-17(4,5)6/h10-11,13-14,19H,7-9H2,1-6H3. The molecule has 3 unspecified atom stereocenters. The zero-order valence-electron chi connectivity index (χ0n) is 15.0. The monoisotopic (exact) mass is 339 g/mol. The Morgan fingerprint density at radius 2 is 2.22 bits per heavy atom. The van der Waals surface area contributed by atoms with E-state index >= 15 is 0 Å². The lowest BCUT2D eigenvalue weighted by Crippen LogP contribution is -2.51. The number of carbonyl (C=O) groups is 1. The first-order chi connectivity index (χ1) is 10.7. The summed E-state index contributed by atoms with van der Waals surface area (Å²) in [5.74, 6) is 0. The number of nitrogens with one attached hydrogen (secondary N) is 1. The fraction of sp³-hybridized carbons (Fsp3) is 0.765. The van der Waals surface area contributed by atoms with Crippen molar-refractivity contribution in [2.24, 2.45) is 0 Å². The highest BCUT2D eigenvalue weighted by Crippen LogP contribution is 2.25. The zero-order valence-corrected chi connectivity index (χ0v) is 15.9. The average Bonchev–Trinajstić information content (AvgIpc) is 2.83. The van der Waals surface area contributed by atoms with Gasteiger partial charge in [0.25, 0.3) is 0 Å². The van der Waals surface area contributed by atoms with Crippen LogP contribution in [0.2, 0.25) is 0 Å². The van der Waals surface area contributed by atoms with Gasteiger partial charge in [0.15, 0.2) is 0 Å². The van der Waals surface area contributed by atoms with E-state index in [4.69, 9.17) is 4.74 Å². The van der Waals surface area contributed by atoms with Crippen molar-refractivity contribution in [3.63, 3.8) is 0 Å². The molecule has 6 heteroatoms. The summed E-state index contributed by atoms with van der Waals surface area (Å²) >= 11 is 1.70. The number of hydrogen-bond donors (Lipinski definition) is 1. The molecule has 1 aromatic heterocycles. The third-order valence-electron chi connectivity index (χ3n) is 4.17. The quantitative estimate of drug-likeness (QED) is 0.908. The van der Waals surface area contributed by atoms with Gasteiger partial charge in [-0.25, -0.2) is 9.78 Å². The molecule has 0 aliphatic carbocycles. The molecule has 1 aliphatic rings. The molecule has 0 aromatic carbocycles. The Balaban J connectivity index is 1.89. The molecule has 23 heavy (non-hydrogen) atoms. The highest BCUT2D eigenvalue weighted by atomic mass is 32.1. The molecule has 2 rings (SSSR count). The maximum Gasteiger partial charge on any atom is 0.410 e. The van der Waals surface area contributed by atoms with Gasteiger partial charge in [0.05, 0.1) is 11.2 Å². The van der Waals surface area contributed by atoms with Crippen LogP contribution in [0.3, 0.4) is 0 Å². The Hall–Kier alpha value is -1.14. The number of rotatable bonds is 3. The summed E-state index contributed by atoms with van der Waals surface area (Å²) in [6.45, 7) is 12.8. The van der Waals surface area contributed by atoms with Gasteiger partial charge in [-0.2, -0.15) is 0 Å². The van der Waals surface area contributed by atoms with Crippen molar-refractivity contribution < 1.29 is 9.53 Å². The van der Waals surface area contributed by atoms with Gasteiger partial charge < -0.3 is 15.0 Å². The third kappa shape index (κ3) is 4.91. The van der Waals surface area contributed by atoms with Crippen LogP contribution >= 0.6 is 11.3 Å². The number of amides is 1. The Labute approximate surface area is 143 Å². The van der Waals surface area contributed by atoms with Gasteiger partial charge in [0.1, 0.15) is 5.60 Å². The van der Waals surface area contributed by atoms with Gasteiger partial charge >= 0.3 is 6.09 Å². The Morgan fingerprint density at radius 3 is 2.74 bits per heavy atom. The molecule has 1 fully saturated rings. The van der Waals surface area contributed by atoms with Crippen LogP contribution in [-0.4, -0.2) is 40.2 Å². The lowest BCUT2D eigenvalue weighted by Gasteiger charge is -2.39. The zero-order chi connectivity index (χ0) is 17.2. The van der Waals surface area contributed by atoms with E-state index in [0.29, 0.717) is 12.1 Å². The molecule has 130 valence electrons. The molecule has 0 spiro atoms. The van der Waals surface area contributed by atoms with Crippen molar-refractivity contribution in [3.05, 3.63) is 16.1 Å². The number of piperidine rings is 1. The van der Waals surface area contributed by atoms with Crippen LogP contribution in [0.15, 0.2) is 5.51 Å². The number of ether oxygens (including phenoxy) is 1. The van der Waals surface area contributed by atoms with Crippen molar-refractivity contribution in [3.8, 4) is 0 Å². The Bertz CT molecular complexity index is 538. The fourth-order valence-corrected chi connectivity index (χ4v) is 3.89. The van der Waals surface area contributed by atoms with E-state index in [-0.39, 0.29) is 12.1 Å². The molecule has 1 N–H and O–H groups in total. The van der Waals surface area contributed by atoms with E-state index in [0.717, 1.165) is 25.1 Å². The average molecular weight is 340 g/mol. The second-order valence-electron chi connectivity index (χ2n) is 7.43. The van der Waals surface area contributed by atoms with Gasteiger partial charge in [-0.3, -0.25) is 0 Å². The molecular formula is C17H29N3O2S. The lowest BCUT2D eigenvalue weighted by atomic mass is 9.97. The molecule has 3 atom stereocenters. The molecule has 0 saturated carbocycles. The first kappa shape index (κ1) is 18.2. The van der Waals surface area contributed by atoms with Crippen LogP contribution in [0.5, 0.6) is 0 Å². The van der Waals surface area contributed by atoms with Gasteiger partial charge in [-0.1, -0.05) is 0 Å². The second kappa shape index (κ2) is 7.18. The summed E-state index contributed by atoms with van der Waals surface area (Å²) < 4.78 is 5.50. The van der Waals surface area contributed by atoms with Crippen LogP contribution in [0, 0.1) is 6.92 Å². The van der Waals surface area contributed by atoms with E-state index in [1.165, 1.54) is 4.88 Å². The molecule has 1 aromatic rings. The number of aryl methyl sites for hydroxylation is 1. The summed E-state index contributed by atoms with van der Waals surface area (Å²) in [4.78, 5) is 19.7. The Morgan fingerprint density at radius 1 is 1.52 bits per heavy atom. The number of thiazole rings is 1. The minimum atomic E-state index is -0.440. The predicted octanol–water partition coefficient (Wildman–Crippen LogP) is 3.89. The summed E-state index contributed by atoms with van der Waals surface area (Å²) in [6.07, 6.45) is 1.70. The van der Waals surface area contributed by atoms with Crippen LogP contribution in [0.25, 0.3) is 0 Å². The molecule has 0 bridgehead atoms. The summed E-state index contributed by atoms with van der Waals surface area (Å²) in [7, 11) is 0. The molecule has 1 aliphatic heterocycles. The highest BCUT2D eigenvalue weighted by molar-refractivity contribution is 7.09. The minimum Gasteiger partial charge on any atom is -0.444 e. The number of carbonyl (C=O) groups excluding carboxylic acids is 1. The molecule has 1 saturated heterocycles. The first-order valence-electron chi connectivity index (χ1n) is 8.33. The van der Waals surface area contributed by atoms with Crippen LogP contribution in [-0.2, 0) is 4.74 Å². The second-order valence-corrected chi connectivity index (χ2v) is 8.32. The van der Waals surface area contributed by atoms with Crippen molar-refractivity contribution >= 4 is 17.4 Å². The van der Waals surface area contributed by atoms with Gasteiger partial charge in [-0.05, 0) is 54.4 Å². The minimum absolute atomic E-state index is 0.186. The topological polar surface area (TPSA) is 54.5 Å². The van der Waals surface area contributed by atoms with Crippen LogP contribution in [0.1, 0.15) is 64.1 Å². The molecule has 1 amide bonds. The van der Waals surface area contributed by atoms with Gasteiger partial charge in [0.2, 0.25) is 0 Å².